The zero-order chi connectivity index (χ0) is 17.6. The molecule has 2 aromatic rings. The second-order valence-corrected chi connectivity index (χ2v) is 6.83. The van der Waals surface area contributed by atoms with Crippen molar-refractivity contribution in [3.05, 3.63) is 35.9 Å². The number of rotatable bonds is 7. The summed E-state index contributed by atoms with van der Waals surface area (Å²) in [7, 11) is 0. The number of hydrogen-bond donors (Lipinski definition) is 0. The van der Waals surface area contributed by atoms with Crippen LogP contribution in [0.15, 0.2) is 27.5 Å². The fraction of sp³-hybridized carbons (Fsp3) is 0.611. The van der Waals surface area contributed by atoms with Crippen molar-refractivity contribution in [3.63, 3.8) is 0 Å². The molecule has 1 aliphatic heterocycles. The van der Waals surface area contributed by atoms with Gasteiger partial charge in [-0.05, 0) is 24.8 Å². The predicted molar refractivity (Wildman–Crippen MR) is 90.1 cm³/mol. The molecule has 7 nitrogen and oxygen atoms in total. The summed E-state index contributed by atoms with van der Waals surface area (Å²) >= 11 is 0. The number of carbonyl (C=O) groups is 1. The Bertz CT molecular complexity index is 658. The Morgan fingerprint density at radius 2 is 2.20 bits per heavy atom. The number of carbonyl (C=O) groups excluding carboxylic acids is 1. The maximum atomic E-state index is 12.2. The van der Waals surface area contributed by atoms with Crippen LogP contribution in [0.2, 0.25) is 0 Å². The van der Waals surface area contributed by atoms with Crippen LogP contribution in [0.4, 0.5) is 0 Å². The third kappa shape index (κ3) is 4.92. The van der Waals surface area contributed by atoms with Crippen molar-refractivity contribution in [1.82, 2.24) is 15.0 Å². The molecule has 1 aliphatic rings. The SMILES string of the molecule is CC(C)Cc1nc(CCOC2CCN(C(=O)c3ccoc3)CC2)no1. The summed E-state index contributed by atoms with van der Waals surface area (Å²) in [6.07, 6.45) is 6.32. The van der Waals surface area contributed by atoms with E-state index in [4.69, 9.17) is 13.7 Å². The van der Waals surface area contributed by atoms with Crippen LogP contribution < -0.4 is 0 Å². The van der Waals surface area contributed by atoms with Crippen LogP contribution in [0, 0.1) is 5.92 Å². The van der Waals surface area contributed by atoms with E-state index in [0.29, 0.717) is 49.3 Å². The lowest BCUT2D eigenvalue weighted by atomic mass is 10.1. The van der Waals surface area contributed by atoms with E-state index in [1.165, 1.54) is 12.5 Å². The number of nitrogens with zero attached hydrogens (tertiary/aromatic N) is 3. The van der Waals surface area contributed by atoms with Gasteiger partial charge in [0.25, 0.3) is 5.91 Å². The van der Waals surface area contributed by atoms with Gasteiger partial charge in [0.1, 0.15) is 6.26 Å². The van der Waals surface area contributed by atoms with Crippen molar-refractivity contribution in [3.8, 4) is 0 Å². The fourth-order valence-corrected chi connectivity index (χ4v) is 2.94. The van der Waals surface area contributed by atoms with Gasteiger partial charge in [-0.3, -0.25) is 4.79 Å². The molecule has 0 spiro atoms. The molecule has 1 amide bonds. The summed E-state index contributed by atoms with van der Waals surface area (Å²) in [5, 5.41) is 3.99. The first-order valence-electron chi connectivity index (χ1n) is 8.86. The first-order valence-corrected chi connectivity index (χ1v) is 8.86. The van der Waals surface area contributed by atoms with Crippen LogP contribution in [0.1, 0.15) is 48.8 Å². The lowest BCUT2D eigenvalue weighted by Crippen LogP contribution is -2.40. The number of furan rings is 1. The Morgan fingerprint density at radius 3 is 2.88 bits per heavy atom. The summed E-state index contributed by atoms with van der Waals surface area (Å²) in [5.41, 5.74) is 0.605. The van der Waals surface area contributed by atoms with Crippen LogP contribution in [0.25, 0.3) is 0 Å². The molecule has 3 heterocycles. The number of aromatic nitrogens is 2. The summed E-state index contributed by atoms with van der Waals surface area (Å²) in [5.74, 6) is 1.91. The standard InChI is InChI=1S/C18H25N3O4/c1-13(2)11-17-19-16(20-25-17)6-10-24-15-3-7-21(8-4-15)18(22)14-5-9-23-12-14/h5,9,12-13,15H,3-4,6-8,10-11H2,1-2H3. The molecular formula is C18H25N3O4. The van der Waals surface area contributed by atoms with Crippen molar-refractivity contribution in [2.24, 2.45) is 5.92 Å². The lowest BCUT2D eigenvalue weighted by Gasteiger charge is -2.31. The topological polar surface area (TPSA) is 81.6 Å². The lowest BCUT2D eigenvalue weighted by molar-refractivity contribution is 0.00946. The fourth-order valence-electron chi connectivity index (χ4n) is 2.94. The number of amides is 1. The van der Waals surface area contributed by atoms with Gasteiger partial charge in [0.05, 0.1) is 24.5 Å². The van der Waals surface area contributed by atoms with E-state index in [2.05, 4.69) is 24.0 Å². The van der Waals surface area contributed by atoms with Gasteiger partial charge in [0, 0.05) is 25.9 Å². The Hall–Kier alpha value is -2.15. The Morgan fingerprint density at radius 1 is 1.40 bits per heavy atom. The normalized spacial score (nSPS) is 15.9. The molecule has 0 aromatic carbocycles. The average molecular weight is 347 g/mol. The van der Waals surface area contributed by atoms with Crippen LogP contribution >= 0.6 is 0 Å². The molecule has 136 valence electrons. The monoisotopic (exact) mass is 347 g/mol. The van der Waals surface area contributed by atoms with Crippen molar-refractivity contribution < 1.29 is 18.5 Å². The minimum Gasteiger partial charge on any atom is -0.472 e. The van der Waals surface area contributed by atoms with E-state index in [1.54, 1.807) is 6.07 Å². The van der Waals surface area contributed by atoms with Crippen molar-refractivity contribution in [1.29, 1.82) is 0 Å². The molecule has 7 heteroatoms. The van der Waals surface area contributed by atoms with Gasteiger partial charge in [-0.15, -0.1) is 0 Å². The van der Waals surface area contributed by atoms with E-state index in [0.717, 1.165) is 19.3 Å². The second kappa shape index (κ2) is 8.29. The molecule has 1 saturated heterocycles. The van der Waals surface area contributed by atoms with Gasteiger partial charge < -0.3 is 18.6 Å². The summed E-state index contributed by atoms with van der Waals surface area (Å²) in [6.45, 7) is 6.22. The summed E-state index contributed by atoms with van der Waals surface area (Å²) in [4.78, 5) is 18.5. The predicted octanol–water partition coefficient (Wildman–Crippen LogP) is 2.73. The number of hydrogen-bond acceptors (Lipinski definition) is 6. The molecule has 0 bridgehead atoms. The second-order valence-electron chi connectivity index (χ2n) is 6.83. The van der Waals surface area contributed by atoms with Gasteiger partial charge in [-0.25, -0.2) is 0 Å². The van der Waals surface area contributed by atoms with E-state index in [-0.39, 0.29) is 12.0 Å². The zero-order valence-electron chi connectivity index (χ0n) is 14.8. The minimum absolute atomic E-state index is 0.0247. The number of ether oxygens (including phenoxy) is 1. The highest BCUT2D eigenvalue weighted by atomic mass is 16.5. The van der Waals surface area contributed by atoms with E-state index in [9.17, 15) is 4.79 Å². The third-order valence-electron chi connectivity index (χ3n) is 4.27. The van der Waals surface area contributed by atoms with Crippen LogP contribution in [0.5, 0.6) is 0 Å². The zero-order valence-corrected chi connectivity index (χ0v) is 14.8. The molecular weight excluding hydrogens is 322 g/mol. The molecule has 0 atom stereocenters. The van der Waals surface area contributed by atoms with Gasteiger partial charge in [-0.2, -0.15) is 4.98 Å². The first-order chi connectivity index (χ1) is 12.1. The van der Waals surface area contributed by atoms with Crippen molar-refractivity contribution >= 4 is 5.91 Å². The van der Waals surface area contributed by atoms with E-state index in [1.807, 2.05) is 4.90 Å². The molecule has 0 N–H and O–H groups in total. The van der Waals surface area contributed by atoms with Crippen LogP contribution in [-0.2, 0) is 17.6 Å². The Labute approximate surface area is 147 Å². The summed E-state index contributed by atoms with van der Waals surface area (Å²) in [6, 6.07) is 1.70. The molecule has 3 rings (SSSR count). The highest BCUT2D eigenvalue weighted by Crippen LogP contribution is 2.17. The quantitative estimate of drug-likeness (QED) is 0.766. The first kappa shape index (κ1) is 17.7. The van der Waals surface area contributed by atoms with Gasteiger partial charge in [0.15, 0.2) is 5.82 Å². The van der Waals surface area contributed by atoms with E-state index >= 15 is 0 Å². The van der Waals surface area contributed by atoms with Crippen molar-refractivity contribution in [2.75, 3.05) is 19.7 Å². The summed E-state index contributed by atoms with van der Waals surface area (Å²) < 4.78 is 16.1. The third-order valence-corrected chi connectivity index (χ3v) is 4.27. The molecule has 25 heavy (non-hydrogen) atoms. The molecule has 0 aliphatic carbocycles. The maximum absolute atomic E-state index is 12.2. The van der Waals surface area contributed by atoms with Crippen LogP contribution in [-0.4, -0.2) is 46.7 Å². The van der Waals surface area contributed by atoms with Crippen molar-refractivity contribution in [2.45, 2.75) is 45.6 Å². The maximum Gasteiger partial charge on any atom is 0.257 e. The highest BCUT2D eigenvalue weighted by Gasteiger charge is 2.24. The number of likely N-dealkylation sites (tertiary alicyclic amines) is 1. The minimum atomic E-state index is 0.0247. The molecule has 2 aromatic heterocycles. The Balaban J connectivity index is 1.36. The number of piperidine rings is 1. The van der Waals surface area contributed by atoms with Crippen LogP contribution in [0.3, 0.4) is 0 Å². The van der Waals surface area contributed by atoms with Gasteiger partial charge in [0.2, 0.25) is 5.89 Å². The largest absolute Gasteiger partial charge is 0.472 e. The van der Waals surface area contributed by atoms with Gasteiger partial charge >= 0.3 is 0 Å². The smallest absolute Gasteiger partial charge is 0.257 e. The van der Waals surface area contributed by atoms with Gasteiger partial charge in [-0.1, -0.05) is 19.0 Å². The highest BCUT2D eigenvalue weighted by molar-refractivity contribution is 5.93. The molecule has 1 fully saturated rings. The molecule has 0 radical (unpaired) electrons. The molecule has 0 unspecified atom stereocenters. The molecule has 0 saturated carbocycles. The average Bonchev–Trinajstić information content (AvgIpc) is 3.26. The van der Waals surface area contributed by atoms with E-state index < -0.39 is 0 Å². The Kier molecular flexibility index (Phi) is 5.86.